The molecule has 0 bridgehead atoms. The highest BCUT2D eigenvalue weighted by Gasteiger charge is 2.27. The molecule has 2 aromatic carbocycles. The van der Waals surface area contributed by atoms with Crippen LogP contribution >= 0.6 is 7.75 Å². The molecule has 0 aromatic heterocycles. The van der Waals surface area contributed by atoms with Crippen molar-refractivity contribution in [3.63, 3.8) is 0 Å². The molecule has 0 aliphatic carbocycles. The van der Waals surface area contributed by atoms with E-state index in [0.29, 0.717) is 18.0 Å². The van der Waals surface area contributed by atoms with Crippen molar-refractivity contribution in [1.82, 2.24) is 5.09 Å². The molecule has 0 amide bonds. The largest absolute Gasteiger partial charge is 0.512 e. The summed E-state index contributed by atoms with van der Waals surface area (Å²) >= 11 is 0. The first-order valence-electron chi connectivity index (χ1n) is 10.1. The van der Waals surface area contributed by atoms with E-state index < -0.39 is 7.75 Å². The lowest BCUT2D eigenvalue weighted by Crippen LogP contribution is -2.19. The smallest absolute Gasteiger partial charge is 0.405 e. The summed E-state index contributed by atoms with van der Waals surface area (Å²) in [5, 5.41) is 3.02. The van der Waals surface area contributed by atoms with Crippen molar-refractivity contribution in [2.45, 2.75) is 58.3 Å². The molecule has 1 N–H and O–H groups in total. The molecule has 2 rings (SSSR count). The molecule has 0 unspecified atom stereocenters. The number of benzene rings is 2. The normalized spacial score (nSPS) is 11.3. The fraction of sp³-hybridized carbons (Fsp3) is 0.455. The molecule has 0 spiro atoms. The molecular weight excluding hydrogens is 357 g/mol. The summed E-state index contributed by atoms with van der Waals surface area (Å²) in [6.45, 7) is 2.84. The average Bonchev–Trinajstić information content (AvgIpc) is 2.68. The standard InChI is InChI=1S/C22H32NO3P/c1-2-3-4-5-6-7-8-15-20-23-27(24,25-21-16-11-9-12-17-21)26-22-18-13-10-14-19-22/h9-14,16-19H,2-8,15,20H2,1H3,(H,23,24). The lowest BCUT2D eigenvalue weighted by atomic mass is 10.1. The van der Waals surface area contributed by atoms with E-state index in [-0.39, 0.29) is 0 Å². The second kappa shape index (κ2) is 12.6. The molecular formula is C22H32NO3P. The highest BCUT2D eigenvalue weighted by Crippen LogP contribution is 2.44. The fourth-order valence-electron chi connectivity index (χ4n) is 2.80. The summed E-state index contributed by atoms with van der Waals surface area (Å²) < 4.78 is 24.6. The molecule has 0 aliphatic heterocycles. The Morgan fingerprint density at radius 1 is 0.704 bits per heavy atom. The third kappa shape index (κ3) is 9.12. The number of rotatable bonds is 14. The van der Waals surface area contributed by atoms with E-state index in [0.717, 1.165) is 12.8 Å². The van der Waals surface area contributed by atoms with Crippen LogP contribution in [0.3, 0.4) is 0 Å². The van der Waals surface area contributed by atoms with Crippen LogP contribution in [-0.4, -0.2) is 6.54 Å². The number of para-hydroxylation sites is 2. The van der Waals surface area contributed by atoms with Gasteiger partial charge in [0.05, 0.1) is 0 Å². The zero-order valence-corrected chi connectivity index (χ0v) is 17.2. The van der Waals surface area contributed by atoms with Crippen LogP contribution in [0.15, 0.2) is 60.7 Å². The van der Waals surface area contributed by atoms with Gasteiger partial charge in [-0.2, -0.15) is 0 Å². The lowest BCUT2D eigenvalue weighted by Gasteiger charge is -2.20. The first-order chi connectivity index (χ1) is 13.2. The van der Waals surface area contributed by atoms with Crippen LogP contribution in [0.1, 0.15) is 58.3 Å². The van der Waals surface area contributed by atoms with E-state index in [9.17, 15) is 4.57 Å². The zero-order chi connectivity index (χ0) is 19.2. The first kappa shape index (κ1) is 21.5. The number of unbranched alkanes of at least 4 members (excludes halogenated alkanes) is 7. The highest BCUT2D eigenvalue weighted by molar-refractivity contribution is 7.52. The van der Waals surface area contributed by atoms with E-state index in [2.05, 4.69) is 12.0 Å². The molecule has 0 heterocycles. The van der Waals surface area contributed by atoms with E-state index in [1.165, 1.54) is 38.5 Å². The summed E-state index contributed by atoms with van der Waals surface area (Å²) in [7, 11) is -3.48. The maximum Gasteiger partial charge on any atom is 0.512 e. The van der Waals surface area contributed by atoms with Gasteiger partial charge in [0.15, 0.2) is 0 Å². The topological polar surface area (TPSA) is 47.6 Å². The molecule has 0 atom stereocenters. The lowest BCUT2D eigenvalue weighted by molar-refractivity contribution is 0.369. The van der Waals surface area contributed by atoms with Crippen molar-refractivity contribution in [2.24, 2.45) is 0 Å². The van der Waals surface area contributed by atoms with Crippen molar-refractivity contribution in [1.29, 1.82) is 0 Å². The molecule has 0 saturated carbocycles. The van der Waals surface area contributed by atoms with Gasteiger partial charge in [-0.25, -0.2) is 9.65 Å². The summed E-state index contributed by atoms with van der Waals surface area (Å²) in [5.41, 5.74) is 0. The second-order valence-corrected chi connectivity index (χ2v) is 8.37. The van der Waals surface area contributed by atoms with Crippen LogP contribution in [0.25, 0.3) is 0 Å². The molecule has 148 valence electrons. The second-order valence-electron chi connectivity index (χ2n) is 6.69. The Bertz CT molecular complexity index is 618. The Morgan fingerprint density at radius 2 is 1.15 bits per heavy atom. The van der Waals surface area contributed by atoms with E-state index in [1.807, 2.05) is 36.4 Å². The van der Waals surface area contributed by atoms with Gasteiger partial charge in [0.25, 0.3) is 0 Å². The summed E-state index contributed by atoms with van der Waals surface area (Å²) in [6.07, 6.45) is 9.82. The van der Waals surface area contributed by atoms with Crippen LogP contribution in [0, 0.1) is 0 Å². The Kier molecular flexibility index (Phi) is 10.0. The molecule has 0 fully saturated rings. The van der Waals surface area contributed by atoms with Crippen LogP contribution in [0.4, 0.5) is 0 Å². The Labute approximate surface area is 163 Å². The van der Waals surface area contributed by atoms with Gasteiger partial charge >= 0.3 is 7.75 Å². The van der Waals surface area contributed by atoms with Gasteiger partial charge in [-0.1, -0.05) is 88.3 Å². The van der Waals surface area contributed by atoms with Crippen LogP contribution in [0.2, 0.25) is 0 Å². The minimum atomic E-state index is -3.48. The van der Waals surface area contributed by atoms with Crippen molar-refractivity contribution in [2.75, 3.05) is 6.54 Å². The van der Waals surface area contributed by atoms with Gasteiger partial charge in [-0.15, -0.1) is 0 Å². The highest BCUT2D eigenvalue weighted by atomic mass is 31.2. The Hall–Kier alpha value is -1.77. The summed E-state index contributed by atoms with van der Waals surface area (Å²) in [6, 6.07) is 18.3. The number of nitrogens with one attached hydrogen (secondary N) is 1. The Morgan fingerprint density at radius 3 is 1.63 bits per heavy atom. The quantitative estimate of drug-likeness (QED) is 0.280. The summed E-state index contributed by atoms with van der Waals surface area (Å²) in [4.78, 5) is 0. The summed E-state index contributed by atoms with van der Waals surface area (Å²) in [5.74, 6) is 1.06. The predicted octanol–water partition coefficient (Wildman–Crippen LogP) is 6.98. The molecule has 2 aromatic rings. The van der Waals surface area contributed by atoms with Gasteiger partial charge in [0.1, 0.15) is 11.5 Å². The number of hydrogen-bond acceptors (Lipinski definition) is 3. The molecule has 5 heteroatoms. The van der Waals surface area contributed by atoms with Crippen molar-refractivity contribution in [3.05, 3.63) is 60.7 Å². The third-order valence-electron chi connectivity index (χ3n) is 4.27. The van der Waals surface area contributed by atoms with E-state index in [4.69, 9.17) is 9.05 Å². The van der Waals surface area contributed by atoms with Crippen molar-refractivity contribution < 1.29 is 13.6 Å². The first-order valence-corrected chi connectivity index (χ1v) is 11.6. The Balaban J connectivity index is 1.80. The molecule has 27 heavy (non-hydrogen) atoms. The van der Waals surface area contributed by atoms with Gasteiger partial charge in [0.2, 0.25) is 0 Å². The van der Waals surface area contributed by atoms with Gasteiger partial charge in [-0.05, 0) is 30.7 Å². The van der Waals surface area contributed by atoms with Gasteiger partial charge < -0.3 is 9.05 Å². The number of hydrogen-bond donors (Lipinski definition) is 1. The molecule has 0 saturated heterocycles. The van der Waals surface area contributed by atoms with Crippen molar-refractivity contribution >= 4 is 7.75 Å². The predicted molar refractivity (Wildman–Crippen MR) is 112 cm³/mol. The maximum absolute atomic E-state index is 13.2. The molecule has 4 nitrogen and oxygen atoms in total. The van der Waals surface area contributed by atoms with Gasteiger partial charge in [0, 0.05) is 6.54 Å². The molecule has 0 aliphatic rings. The fourth-order valence-corrected chi connectivity index (χ4v) is 4.20. The van der Waals surface area contributed by atoms with E-state index in [1.54, 1.807) is 24.3 Å². The molecule has 0 radical (unpaired) electrons. The van der Waals surface area contributed by atoms with Crippen LogP contribution < -0.4 is 14.1 Å². The maximum atomic E-state index is 13.2. The van der Waals surface area contributed by atoms with Crippen LogP contribution in [-0.2, 0) is 4.57 Å². The minimum absolute atomic E-state index is 0.528. The average molecular weight is 389 g/mol. The zero-order valence-electron chi connectivity index (χ0n) is 16.3. The van der Waals surface area contributed by atoms with Crippen molar-refractivity contribution in [3.8, 4) is 11.5 Å². The van der Waals surface area contributed by atoms with E-state index >= 15 is 0 Å². The third-order valence-corrected chi connectivity index (χ3v) is 5.79. The SMILES string of the molecule is CCCCCCCCCCNP(=O)(Oc1ccccc1)Oc1ccccc1. The monoisotopic (exact) mass is 389 g/mol. The minimum Gasteiger partial charge on any atom is -0.405 e. The van der Waals surface area contributed by atoms with Crippen LogP contribution in [0.5, 0.6) is 11.5 Å². The van der Waals surface area contributed by atoms with Gasteiger partial charge in [-0.3, -0.25) is 0 Å².